The van der Waals surface area contributed by atoms with Crippen LogP contribution in [0.2, 0.25) is 0 Å². The van der Waals surface area contributed by atoms with Gasteiger partial charge in [-0.15, -0.1) is 0 Å². The molecule has 1 aromatic carbocycles. The number of carbonyl (C=O) groups excluding carboxylic acids is 1. The molecule has 1 amide bonds. The lowest BCUT2D eigenvalue weighted by molar-refractivity contribution is -0.115. The first-order valence-corrected chi connectivity index (χ1v) is 8.92. The van der Waals surface area contributed by atoms with E-state index in [0.717, 1.165) is 10.7 Å². The molecule has 31 heavy (non-hydrogen) atoms. The third-order valence-electron chi connectivity index (χ3n) is 4.26. The van der Waals surface area contributed by atoms with Crippen LogP contribution >= 0.6 is 0 Å². The van der Waals surface area contributed by atoms with Gasteiger partial charge in [0.25, 0.3) is 0 Å². The van der Waals surface area contributed by atoms with Crippen molar-refractivity contribution in [1.29, 1.82) is 5.26 Å². The van der Waals surface area contributed by atoms with Crippen molar-refractivity contribution in [2.24, 2.45) is 7.05 Å². The fourth-order valence-electron chi connectivity index (χ4n) is 2.88. The molecule has 0 atom stereocenters. The predicted molar refractivity (Wildman–Crippen MR) is 102 cm³/mol. The average molecular weight is 433 g/mol. The van der Waals surface area contributed by atoms with Crippen LogP contribution in [0, 0.1) is 23.0 Å². The Hall–Kier alpha value is -3.94. The number of amides is 1. The normalized spacial score (nSPS) is 10.8. The molecule has 3 rings (SSSR count). The molecule has 0 aliphatic rings. The number of halogens is 4. The fourth-order valence-corrected chi connectivity index (χ4v) is 2.88. The Morgan fingerprint density at radius 1 is 1.29 bits per heavy atom. The Balaban J connectivity index is 2.25. The number of hydrogen-bond acceptors (Lipinski definition) is 5. The molecule has 11 heteroatoms. The highest BCUT2D eigenvalue weighted by Gasteiger charge is 2.26. The first kappa shape index (κ1) is 21.8. The van der Waals surface area contributed by atoms with E-state index in [-0.39, 0.29) is 40.5 Å². The number of alkyl halides is 2. The van der Waals surface area contributed by atoms with Crippen LogP contribution in [0.5, 0.6) is 5.88 Å². The van der Waals surface area contributed by atoms with E-state index in [2.05, 4.69) is 20.1 Å². The van der Waals surface area contributed by atoms with E-state index in [9.17, 15) is 22.4 Å². The number of nitrogens with zero attached hydrogens (tertiary/aromatic N) is 4. The molecule has 0 aliphatic carbocycles. The highest BCUT2D eigenvalue weighted by atomic mass is 19.3. The summed E-state index contributed by atoms with van der Waals surface area (Å²) in [6.07, 6.45) is 1.48. The zero-order valence-corrected chi connectivity index (χ0v) is 16.3. The van der Waals surface area contributed by atoms with Gasteiger partial charge in [0.1, 0.15) is 29.2 Å². The van der Waals surface area contributed by atoms with Crippen LogP contribution in [-0.4, -0.2) is 27.3 Å². The minimum absolute atomic E-state index is 0.0693. The minimum Gasteiger partial charge on any atom is -0.416 e. The van der Waals surface area contributed by atoms with Crippen molar-refractivity contribution >= 4 is 11.7 Å². The van der Waals surface area contributed by atoms with Crippen LogP contribution in [0.15, 0.2) is 30.5 Å². The lowest BCUT2D eigenvalue weighted by Crippen LogP contribution is -2.10. The van der Waals surface area contributed by atoms with Gasteiger partial charge in [-0.05, 0) is 29.8 Å². The molecular weight excluding hydrogens is 418 g/mol. The maximum absolute atomic E-state index is 14.7. The number of anilines is 1. The van der Waals surface area contributed by atoms with Gasteiger partial charge in [0.15, 0.2) is 0 Å². The van der Waals surface area contributed by atoms with Gasteiger partial charge < -0.3 is 10.1 Å². The van der Waals surface area contributed by atoms with Crippen molar-refractivity contribution in [2.45, 2.75) is 20.0 Å². The van der Waals surface area contributed by atoms with Crippen LogP contribution in [0.25, 0.3) is 22.4 Å². The van der Waals surface area contributed by atoms with E-state index in [1.54, 1.807) is 6.92 Å². The summed E-state index contributed by atoms with van der Waals surface area (Å²) in [4.78, 5) is 15.7. The molecule has 3 aromatic rings. The van der Waals surface area contributed by atoms with Crippen molar-refractivity contribution < 1.29 is 27.1 Å². The first-order chi connectivity index (χ1) is 14.7. The summed E-state index contributed by atoms with van der Waals surface area (Å²) < 4.78 is 60.5. The lowest BCUT2D eigenvalue weighted by Gasteiger charge is -2.11. The first-order valence-electron chi connectivity index (χ1n) is 8.92. The average Bonchev–Trinajstić information content (AvgIpc) is 3.04. The Morgan fingerprint density at radius 2 is 2.03 bits per heavy atom. The molecule has 7 nitrogen and oxygen atoms in total. The van der Waals surface area contributed by atoms with Crippen molar-refractivity contribution in [2.75, 3.05) is 5.32 Å². The van der Waals surface area contributed by atoms with Crippen LogP contribution in [0.4, 0.5) is 23.4 Å². The summed E-state index contributed by atoms with van der Waals surface area (Å²) in [5, 5.41) is 15.4. The topological polar surface area (TPSA) is 92.8 Å². The number of aromatic nitrogens is 3. The van der Waals surface area contributed by atoms with Gasteiger partial charge in [-0.3, -0.25) is 4.79 Å². The third-order valence-corrected chi connectivity index (χ3v) is 4.26. The zero-order valence-electron chi connectivity index (χ0n) is 16.3. The number of nitrogens with one attached hydrogen (secondary N) is 1. The van der Waals surface area contributed by atoms with Gasteiger partial charge in [0, 0.05) is 25.2 Å². The number of nitriles is 1. The van der Waals surface area contributed by atoms with Gasteiger partial charge in [0.2, 0.25) is 11.8 Å². The summed E-state index contributed by atoms with van der Waals surface area (Å²) in [6, 6.07) is 5.75. The highest BCUT2D eigenvalue weighted by Crippen LogP contribution is 2.41. The standard InChI is InChI=1S/C20H15F4N5O2/c1-3-16(30)27-15-7-10(4-5-26-15)17-18(28-29(2)19(17)31-20(23)24)12-8-13(21)11(9-25)6-14(12)22/h4-8,20H,3H2,1-2H3,(H,26,27,30). The van der Waals surface area contributed by atoms with Crippen molar-refractivity contribution in [3.63, 3.8) is 0 Å². The molecule has 2 aromatic heterocycles. The molecule has 0 spiro atoms. The lowest BCUT2D eigenvalue weighted by atomic mass is 10.00. The van der Waals surface area contributed by atoms with E-state index in [4.69, 9.17) is 5.26 Å². The van der Waals surface area contributed by atoms with E-state index >= 15 is 0 Å². The van der Waals surface area contributed by atoms with Gasteiger partial charge in [-0.25, -0.2) is 18.4 Å². The van der Waals surface area contributed by atoms with E-state index < -0.39 is 29.7 Å². The molecule has 1 N–H and O–H groups in total. The molecule has 0 saturated heterocycles. The Morgan fingerprint density at radius 3 is 2.68 bits per heavy atom. The van der Waals surface area contributed by atoms with Gasteiger partial charge in [-0.2, -0.15) is 19.1 Å². The van der Waals surface area contributed by atoms with E-state index in [0.29, 0.717) is 6.07 Å². The smallest absolute Gasteiger partial charge is 0.388 e. The second kappa shape index (κ2) is 8.83. The van der Waals surface area contributed by atoms with E-state index in [1.807, 2.05) is 0 Å². The second-order valence-electron chi connectivity index (χ2n) is 6.29. The third kappa shape index (κ3) is 4.48. The van der Waals surface area contributed by atoms with Gasteiger partial charge in [0.05, 0.1) is 11.1 Å². The molecule has 0 bridgehead atoms. The summed E-state index contributed by atoms with van der Waals surface area (Å²) in [6.45, 7) is -1.58. The van der Waals surface area contributed by atoms with Crippen LogP contribution in [0.1, 0.15) is 18.9 Å². The molecule has 0 radical (unpaired) electrons. The maximum atomic E-state index is 14.7. The van der Waals surface area contributed by atoms with Crippen molar-refractivity contribution in [1.82, 2.24) is 14.8 Å². The van der Waals surface area contributed by atoms with Gasteiger partial charge in [-0.1, -0.05) is 6.92 Å². The number of pyridine rings is 1. The molecular formula is C20H15F4N5O2. The molecule has 2 heterocycles. The number of hydrogen-bond donors (Lipinski definition) is 1. The Bertz CT molecular complexity index is 1190. The quantitative estimate of drug-likeness (QED) is 0.587. The fraction of sp³-hybridized carbons (Fsp3) is 0.200. The minimum atomic E-state index is -3.22. The highest BCUT2D eigenvalue weighted by molar-refractivity contribution is 5.91. The summed E-state index contributed by atoms with van der Waals surface area (Å²) >= 11 is 0. The maximum Gasteiger partial charge on any atom is 0.388 e. The van der Waals surface area contributed by atoms with Crippen LogP contribution in [-0.2, 0) is 11.8 Å². The number of aryl methyl sites for hydroxylation is 1. The zero-order chi connectivity index (χ0) is 22.7. The predicted octanol–water partition coefficient (Wildman–Crippen LogP) is 4.25. The Kier molecular flexibility index (Phi) is 6.20. The van der Waals surface area contributed by atoms with Crippen LogP contribution in [0.3, 0.4) is 0 Å². The summed E-state index contributed by atoms with van der Waals surface area (Å²) in [5.41, 5.74) is -0.930. The number of rotatable bonds is 6. The molecule has 0 aliphatic heterocycles. The summed E-state index contributed by atoms with van der Waals surface area (Å²) in [7, 11) is 1.30. The van der Waals surface area contributed by atoms with Crippen molar-refractivity contribution in [3.05, 3.63) is 47.7 Å². The largest absolute Gasteiger partial charge is 0.416 e. The van der Waals surface area contributed by atoms with Crippen molar-refractivity contribution in [3.8, 4) is 34.3 Å². The molecule has 160 valence electrons. The number of ether oxygens (including phenoxy) is 1. The number of carbonyl (C=O) groups is 1. The number of benzene rings is 1. The summed E-state index contributed by atoms with van der Waals surface area (Å²) in [5.74, 6) is -2.60. The molecule has 0 fully saturated rings. The van der Waals surface area contributed by atoms with Gasteiger partial charge >= 0.3 is 6.61 Å². The second-order valence-corrected chi connectivity index (χ2v) is 6.29. The Labute approximate surface area is 173 Å². The monoisotopic (exact) mass is 433 g/mol. The van der Waals surface area contributed by atoms with E-state index in [1.165, 1.54) is 31.4 Å². The van der Waals surface area contributed by atoms with Crippen LogP contribution < -0.4 is 10.1 Å². The molecule has 0 saturated carbocycles. The molecule has 0 unspecified atom stereocenters. The SMILES string of the molecule is CCC(=O)Nc1cc(-c2c(-c3cc(F)c(C#N)cc3F)nn(C)c2OC(F)F)ccn1.